The highest BCUT2D eigenvalue weighted by molar-refractivity contribution is 7.93. The molecule has 0 atom stereocenters. The summed E-state index contributed by atoms with van der Waals surface area (Å²) in [5, 5.41) is 4.17. The van der Waals surface area contributed by atoms with E-state index in [2.05, 4.69) is 5.10 Å². The minimum Gasteiger partial charge on any atom is -0.460 e. The summed E-state index contributed by atoms with van der Waals surface area (Å²) in [7, 11) is -3.83. The van der Waals surface area contributed by atoms with E-state index in [-0.39, 0.29) is 11.5 Å². The van der Waals surface area contributed by atoms with Crippen LogP contribution in [-0.4, -0.2) is 28.9 Å². The lowest BCUT2D eigenvalue weighted by Crippen LogP contribution is -2.45. The molecule has 0 amide bonds. The van der Waals surface area contributed by atoms with E-state index in [9.17, 15) is 13.2 Å². The third kappa shape index (κ3) is 3.58. The van der Waals surface area contributed by atoms with Crippen molar-refractivity contribution in [1.29, 1.82) is 0 Å². The van der Waals surface area contributed by atoms with Crippen molar-refractivity contribution in [2.45, 2.75) is 41.9 Å². The van der Waals surface area contributed by atoms with Crippen molar-refractivity contribution in [3.63, 3.8) is 0 Å². The third-order valence-electron chi connectivity index (χ3n) is 5.43. The molecule has 1 aliphatic rings. The molecule has 0 radical (unpaired) electrons. The quantitative estimate of drug-likeness (QED) is 0.579. The Bertz CT molecular complexity index is 1070. The second kappa shape index (κ2) is 7.83. The fourth-order valence-electron chi connectivity index (χ4n) is 3.80. The van der Waals surface area contributed by atoms with Gasteiger partial charge in [-0.15, -0.1) is 0 Å². The van der Waals surface area contributed by atoms with Gasteiger partial charge in [0.25, 0.3) is 0 Å². The molecule has 0 N–H and O–H groups in total. The van der Waals surface area contributed by atoms with Gasteiger partial charge in [-0.25, -0.2) is 13.1 Å². The maximum absolute atomic E-state index is 13.3. The maximum Gasteiger partial charge on any atom is 0.328 e. The highest BCUT2D eigenvalue weighted by Crippen LogP contribution is 2.41. The van der Waals surface area contributed by atoms with Crippen LogP contribution in [0.5, 0.6) is 0 Å². The van der Waals surface area contributed by atoms with Gasteiger partial charge in [0.05, 0.1) is 10.6 Å². The van der Waals surface area contributed by atoms with Gasteiger partial charge < -0.3 is 4.74 Å². The SMILES string of the molecule is O=C(OCc1ccc(-n2cccn2)cc1)C1(S(=O)(=O)c2ccccc2)CCCC1. The van der Waals surface area contributed by atoms with Gasteiger partial charge in [0.15, 0.2) is 14.6 Å². The molecule has 0 unspecified atom stereocenters. The van der Waals surface area contributed by atoms with Crippen LogP contribution in [0.1, 0.15) is 31.2 Å². The molecule has 0 saturated heterocycles. The number of benzene rings is 2. The highest BCUT2D eigenvalue weighted by atomic mass is 32.2. The first kappa shape index (κ1) is 19.4. The predicted octanol–water partition coefficient (Wildman–Crippen LogP) is 3.70. The Balaban J connectivity index is 1.51. The summed E-state index contributed by atoms with van der Waals surface area (Å²) in [6.07, 6.45) is 5.51. The minimum absolute atomic E-state index is 0.0320. The van der Waals surface area contributed by atoms with Crippen LogP contribution in [0.4, 0.5) is 0 Å². The Morgan fingerprint density at radius 2 is 1.69 bits per heavy atom. The van der Waals surface area contributed by atoms with Crippen LogP contribution in [0.3, 0.4) is 0 Å². The summed E-state index contributed by atoms with van der Waals surface area (Å²) in [4.78, 5) is 13.2. The van der Waals surface area contributed by atoms with Crippen LogP contribution in [0.25, 0.3) is 5.69 Å². The fraction of sp³-hybridized carbons (Fsp3) is 0.273. The average Bonchev–Trinajstić information content (AvgIpc) is 3.46. The summed E-state index contributed by atoms with van der Waals surface area (Å²) in [5.41, 5.74) is 1.68. The number of rotatable bonds is 6. The fourth-order valence-corrected chi connectivity index (χ4v) is 5.87. The molecular formula is C22H22N2O4S. The van der Waals surface area contributed by atoms with Crippen LogP contribution >= 0.6 is 0 Å². The predicted molar refractivity (Wildman–Crippen MR) is 108 cm³/mol. The molecule has 2 aromatic carbocycles. The number of carbonyl (C=O) groups excluding carboxylic acids is 1. The van der Waals surface area contributed by atoms with Gasteiger partial charge in [-0.2, -0.15) is 5.10 Å². The van der Waals surface area contributed by atoms with E-state index >= 15 is 0 Å². The van der Waals surface area contributed by atoms with E-state index in [4.69, 9.17) is 4.74 Å². The Labute approximate surface area is 170 Å². The zero-order valence-electron chi connectivity index (χ0n) is 15.9. The van der Waals surface area contributed by atoms with Gasteiger partial charge in [-0.1, -0.05) is 43.2 Å². The van der Waals surface area contributed by atoms with E-state index in [1.807, 2.05) is 36.5 Å². The van der Waals surface area contributed by atoms with E-state index < -0.39 is 20.6 Å². The lowest BCUT2D eigenvalue weighted by atomic mass is 10.1. The molecule has 150 valence electrons. The lowest BCUT2D eigenvalue weighted by molar-refractivity contribution is -0.148. The molecule has 29 heavy (non-hydrogen) atoms. The summed E-state index contributed by atoms with van der Waals surface area (Å²) >= 11 is 0. The van der Waals surface area contributed by atoms with Crippen molar-refractivity contribution in [1.82, 2.24) is 9.78 Å². The number of nitrogens with zero attached hydrogens (tertiary/aromatic N) is 2. The molecule has 0 bridgehead atoms. The minimum atomic E-state index is -3.83. The molecule has 1 aliphatic carbocycles. The molecule has 6 nitrogen and oxygen atoms in total. The number of sulfone groups is 1. The lowest BCUT2D eigenvalue weighted by Gasteiger charge is -2.26. The zero-order valence-corrected chi connectivity index (χ0v) is 16.7. The summed E-state index contributed by atoms with van der Waals surface area (Å²) in [6.45, 7) is 0.0320. The zero-order chi connectivity index (χ0) is 20.3. The molecule has 7 heteroatoms. The number of aromatic nitrogens is 2. The second-order valence-corrected chi connectivity index (χ2v) is 9.47. The van der Waals surface area contributed by atoms with Crippen LogP contribution in [-0.2, 0) is 26.0 Å². The number of hydrogen-bond donors (Lipinski definition) is 0. The Hall–Kier alpha value is -2.93. The van der Waals surface area contributed by atoms with Crippen LogP contribution in [0, 0.1) is 0 Å². The van der Waals surface area contributed by atoms with E-state index in [1.54, 1.807) is 29.1 Å². The molecule has 1 heterocycles. The number of carbonyl (C=O) groups is 1. The molecule has 4 rings (SSSR count). The van der Waals surface area contributed by atoms with Gasteiger partial charge in [0.1, 0.15) is 6.61 Å². The maximum atomic E-state index is 13.3. The van der Waals surface area contributed by atoms with Crippen molar-refractivity contribution < 1.29 is 17.9 Å². The summed E-state index contributed by atoms with van der Waals surface area (Å²) in [6, 6.07) is 17.5. The van der Waals surface area contributed by atoms with Crippen LogP contribution in [0.15, 0.2) is 78.0 Å². The summed E-state index contributed by atoms with van der Waals surface area (Å²) < 4.78 is 32.3. The molecule has 3 aromatic rings. The van der Waals surface area contributed by atoms with E-state index in [0.29, 0.717) is 25.7 Å². The van der Waals surface area contributed by atoms with Crippen molar-refractivity contribution in [3.05, 3.63) is 78.6 Å². The smallest absolute Gasteiger partial charge is 0.328 e. The van der Waals surface area contributed by atoms with Crippen molar-refractivity contribution in [2.75, 3.05) is 0 Å². The van der Waals surface area contributed by atoms with Gasteiger partial charge in [-0.3, -0.25) is 4.79 Å². The van der Waals surface area contributed by atoms with Crippen LogP contribution in [0.2, 0.25) is 0 Å². The Morgan fingerprint density at radius 1 is 1.00 bits per heavy atom. The molecular weight excluding hydrogens is 388 g/mol. The van der Waals surface area contributed by atoms with Crippen molar-refractivity contribution in [3.8, 4) is 5.69 Å². The first-order chi connectivity index (χ1) is 14.0. The number of ether oxygens (including phenoxy) is 1. The summed E-state index contributed by atoms with van der Waals surface area (Å²) in [5.74, 6) is -0.657. The second-order valence-electron chi connectivity index (χ2n) is 7.21. The molecule has 1 aromatic heterocycles. The largest absolute Gasteiger partial charge is 0.460 e. The Morgan fingerprint density at radius 3 is 2.31 bits per heavy atom. The van der Waals surface area contributed by atoms with Crippen molar-refractivity contribution >= 4 is 15.8 Å². The molecule has 0 spiro atoms. The molecule has 0 aliphatic heterocycles. The van der Waals surface area contributed by atoms with Crippen LogP contribution < -0.4 is 0 Å². The first-order valence-electron chi connectivity index (χ1n) is 9.59. The number of hydrogen-bond acceptors (Lipinski definition) is 5. The van der Waals surface area contributed by atoms with Crippen molar-refractivity contribution in [2.24, 2.45) is 0 Å². The van der Waals surface area contributed by atoms with E-state index in [1.165, 1.54) is 12.1 Å². The molecule has 1 fully saturated rings. The Kier molecular flexibility index (Phi) is 5.24. The standard InChI is InChI=1S/C22H22N2O4S/c25-21(28-17-18-9-11-19(12-10-18)24-16-6-15-23-24)22(13-4-5-14-22)29(26,27)20-7-2-1-3-8-20/h1-3,6-12,15-16H,4-5,13-14,17H2. The normalized spacial score (nSPS) is 15.9. The average molecular weight is 410 g/mol. The third-order valence-corrected chi connectivity index (χ3v) is 7.92. The first-order valence-corrected chi connectivity index (χ1v) is 11.1. The monoisotopic (exact) mass is 410 g/mol. The van der Waals surface area contributed by atoms with Gasteiger partial charge in [0, 0.05) is 12.4 Å². The number of esters is 1. The van der Waals surface area contributed by atoms with Gasteiger partial charge >= 0.3 is 5.97 Å². The van der Waals surface area contributed by atoms with Gasteiger partial charge in [-0.05, 0) is 48.7 Å². The van der Waals surface area contributed by atoms with Gasteiger partial charge in [0.2, 0.25) is 0 Å². The highest BCUT2D eigenvalue weighted by Gasteiger charge is 2.54. The van der Waals surface area contributed by atoms with E-state index in [0.717, 1.165) is 11.3 Å². The topological polar surface area (TPSA) is 78.3 Å². The molecule has 1 saturated carbocycles.